The van der Waals surface area contributed by atoms with Crippen LogP contribution in [0.15, 0.2) is 18.3 Å². The molecule has 1 aromatic heterocycles. The third-order valence-corrected chi connectivity index (χ3v) is 2.11. The minimum Gasteiger partial charge on any atom is -0.390 e. The second kappa shape index (κ2) is 5.50. The van der Waals surface area contributed by atoms with Crippen molar-refractivity contribution in [3.63, 3.8) is 0 Å². The van der Waals surface area contributed by atoms with Crippen LogP contribution < -0.4 is 5.73 Å². The van der Waals surface area contributed by atoms with Crippen molar-refractivity contribution in [1.29, 1.82) is 0 Å². The summed E-state index contributed by atoms with van der Waals surface area (Å²) in [6.45, 7) is 0.215. The monoisotopic (exact) mass is 227 g/mol. The topological polar surface area (TPSA) is 123 Å². The molecule has 0 fully saturated rings. The zero-order valence-corrected chi connectivity index (χ0v) is 8.48. The summed E-state index contributed by atoms with van der Waals surface area (Å²) in [5.74, 6) is 0. The van der Waals surface area contributed by atoms with Crippen molar-refractivity contribution in [1.82, 2.24) is 4.98 Å². The first-order chi connectivity index (χ1) is 7.56. The van der Waals surface area contributed by atoms with Crippen molar-refractivity contribution in [3.05, 3.63) is 34.1 Å². The Balaban J connectivity index is 2.86. The quantitative estimate of drug-likeness (QED) is 0.470. The average Bonchev–Trinajstić information content (AvgIpc) is 2.28. The minimum atomic E-state index is -1.26. The Morgan fingerprint density at radius 1 is 1.56 bits per heavy atom. The Morgan fingerprint density at radius 3 is 2.81 bits per heavy atom. The molecule has 1 aromatic rings. The van der Waals surface area contributed by atoms with Crippen LogP contribution in [-0.4, -0.2) is 32.8 Å². The first-order valence-corrected chi connectivity index (χ1v) is 4.72. The number of hydrogen-bond donors (Lipinski definition) is 3. The van der Waals surface area contributed by atoms with Crippen molar-refractivity contribution >= 4 is 5.69 Å². The van der Waals surface area contributed by atoms with Crippen LogP contribution in [0.5, 0.6) is 0 Å². The van der Waals surface area contributed by atoms with Gasteiger partial charge in [0.05, 0.1) is 16.7 Å². The van der Waals surface area contributed by atoms with Crippen LogP contribution >= 0.6 is 0 Å². The van der Waals surface area contributed by atoms with Crippen LogP contribution in [0.1, 0.15) is 18.2 Å². The third-order valence-electron chi connectivity index (χ3n) is 2.11. The maximum Gasteiger partial charge on any atom is 0.272 e. The molecule has 0 amide bonds. The van der Waals surface area contributed by atoms with E-state index in [-0.39, 0.29) is 24.3 Å². The van der Waals surface area contributed by atoms with Gasteiger partial charge in [0.25, 0.3) is 5.69 Å². The summed E-state index contributed by atoms with van der Waals surface area (Å²) >= 11 is 0. The van der Waals surface area contributed by atoms with Gasteiger partial charge in [0.1, 0.15) is 6.10 Å². The molecule has 4 N–H and O–H groups in total. The number of pyridine rings is 1. The van der Waals surface area contributed by atoms with Crippen molar-refractivity contribution in [2.75, 3.05) is 6.54 Å². The van der Waals surface area contributed by atoms with Crippen LogP contribution in [0.3, 0.4) is 0 Å². The molecule has 0 saturated carbocycles. The van der Waals surface area contributed by atoms with Gasteiger partial charge in [-0.15, -0.1) is 0 Å². The summed E-state index contributed by atoms with van der Waals surface area (Å²) in [4.78, 5) is 13.7. The second-order valence-electron chi connectivity index (χ2n) is 3.29. The zero-order chi connectivity index (χ0) is 12.1. The molecule has 2 unspecified atom stereocenters. The maximum absolute atomic E-state index is 10.5. The Labute approximate surface area is 91.7 Å². The molecular weight excluding hydrogens is 214 g/mol. The van der Waals surface area contributed by atoms with Crippen LogP contribution in [0.4, 0.5) is 5.69 Å². The van der Waals surface area contributed by atoms with Gasteiger partial charge in [-0.3, -0.25) is 15.1 Å². The summed E-state index contributed by atoms with van der Waals surface area (Å²) in [6, 6.07) is 2.34. The first-order valence-electron chi connectivity index (χ1n) is 4.72. The molecule has 1 rings (SSSR count). The normalized spacial score (nSPS) is 14.4. The number of nitrogens with zero attached hydrogens (tertiary/aromatic N) is 2. The largest absolute Gasteiger partial charge is 0.390 e. The lowest BCUT2D eigenvalue weighted by Crippen LogP contribution is -2.22. The van der Waals surface area contributed by atoms with E-state index in [1.807, 2.05) is 0 Å². The van der Waals surface area contributed by atoms with E-state index in [1.165, 1.54) is 12.3 Å². The summed E-state index contributed by atoms with van der Waals surface area (Å²) in [6.07, 6.45) is -0.917. The van der Waals surface area contributed by atoms with Crippen LogP contribution in [0, 0.1) is 10.1 Å². The summed E-state index contributed by atoms with van der Waals surface area (Å²) < 4.78 is 0. The van der Waals surface area contributed by atoms with E-state index < -0.39 is 17.1 Å². The SMILES string of the molecule is NCCC(O)C(O)c1cc([N+](=O)[O-])ccn1. The van der Waals surface area contributed by atoms with Crippen molar-refractivity contribution in [2.45, 2.75) is 18.6 Å². The molecule has 0 aliphatic rings. The van der Waals surface area contributed by atoms with Gasteiger partial charge in [0.2, 0.25) is 0 Å². The molecule has 88 valence electrons. The number of aliphatic hydroxyl groups excluding tert-OH is 2. The smallest absolute Gasteiger partial charge is 0.272 e. The molecule has 1 heterocycles. The van der Waals surface area contributed by atoms with Gasteiger partial charge < -0.3 is 15.9 Å². The number of nitrogens with two attached hydrogens (primary N) is 1. The lowest BCUT2D eigenvalue weighted by atomic mass is 10.1. The number of aromatic nitrogens is 1. The van der Waals surface area contributed by atoms with Crippen LogP contribution in [0.25, 0.3) is 0 Å². The van der Waals surface area contributed by atoms with Gasteiger partial charge >= 0.3 is 0 Å². The van der Waals surface area contributed by atoms with Crippen LogP contribution in [0.2, 0.25) is 0 Å². The Morgan fingerprint density at radius 2 is 2.25 bits per heavy atom. The molecule has 0 aliphatic heterocycles. The molecule has 0 aliphatic carbocycles. The van der Waals surface area contributed by atoms with Crippen molar-refractivity contribution < 1.29 is 15.1 Å². The molecule has 0 spiro atoms. The fourth-order valence-corrected chi connectivity index (χ4v) is 1.24. The number of nitro groups is 1. The highest BCUT2D eigenvalue weighted by molar-refractivity contribution is 5.30. The standard InChI is InChI=1S/C9H13N3O4/c10-3-1-8(13)9(14)7-5-6(12(15)16)2-4-11-7/h2,4-5,8-9,13-14H,1,3,10H2. The van der Waals surface area contributed by atoms with Gasteiger partial charge in [0.15, 0.2) is 0 Å². The van der Waals surface area contributed by atoms with Crippen molar-refractivity contribution in [3.8, 4) is 0 Å². The number of rotatable bonds is 5. The highest BCUT2D eigenvalue weighted by Crippen LogP contribution is 2.20. The van der Waals surface area contributed by atoms with E-state index in [0.29, 0.717) is 0 Å². The van der Waals surface area contributed by atoms with E-state index in [0.717, 1.165) is 6.07 Å². The van der Waals surface area contributed by atoms with Crippen molar-refractivity contribution in [2.24, 2.45) is 5.73 Å². The molecule has 2 atom stereocenters. The third kappa shape index (κ3) is 2.96. The lowest BCUT2D eigenvalue weighted by molar-refractivity contribution is -0.385. The van der Waals surface area contributed by atoms with Gasteiger partial charge in [-0.25, -0.2) is 0 Å². The molecule has 7 nitrogen and oxygen atoms in total. The van der Waals surface area contributed by atoms with E-state index >= 15 is 0 Å². The van der Waals surface area contributed by atoms with E-state index in [9.17, 15) is 20.3 Å². The van der Waals surface area contributed by atoms with Crippen LogP contribution in [-0.2, 0) is 0 Å². The zero-order valence-electron chi connectivity index (χ0n) is 8.48. The second-order valence-corrected chi connectivity index (χ2v) is 3.29. The fraction of sp³-hybridized carbons (Fsp3) is 0.444. The maximum atomic E-state index is 10.5. The summed E-state index contributed by atoms with van der Waals surface area (Å²) in [5.41, 5.74) is 5.11. The highest BCUT2D eigenvalue weighted by atomic mass is 16.6. The average molecular weight is 227 g/mol. The van der Waals surface area contributed by atoms with E-state index in [2.05, 4.69) is 4.98 Å². The fourth-order valence-electron chi connectivity index (χ4n) is 1.24. The van der Waals surface area contributed by atoms with Gasteiger partial charge in [-0.2, -0.15) is 0 Å². The first kappa shape index (κ1) is 12.5. The lowest BCUT2D eigenvalue weighted by Gasteiger charge is -2.15. The number of hydrogen-bond acceptors (Lipinski definition) is 6. The molecule has 16 heavy (non-hydrogen) atoms. The molecule has 7 heteroatoms. The van der Waals surface area contributed by atoms with Gasteiger partial charge in [0, 0.05) is 18.3 Å². The molecule has 0 saturated heterocycles. The molecule has 0 radical (unpaired) electrons. The molecule has 0 aromatic carbocycles. The predicted molar refractivity (Wildman–Crippen MR) is 55.5 cm³/mol. The van der Waals surface area contributed by atoms with Gasteiger partial charge in [-0.1, -0.05) is 0 Å². The minimum absolute atomic E-state index is 0.0650. The molecule has 0 bridgehead atoms. The molecular formula is C9H13N3O4. The Kier molecular flexibility index (Phi) is 4.29. The predicted octanol–water partition coefficient (Wildman–Crippen LogP) is -0.267. The summed E-state index contributed by atoms with van der Waals surface area (Å²) in [7, 11) is 0. The van der Waals surface area contributed by atoms with E-state index in [1.54, 1.807) is 0 Å². The Bertz CT molecular complexity index is 372. The van der Waals surface area contributed by atoms with Gasteiger partial charge in [-0.05, 0) is 13.0 Å². The van der Waals surface area contributed by atoms with E-state index in [4.69, 9.17) is 5.73 Å². The number of aliphatic hydroxyl groups is 2. The highest BCUT2D eigenvalue weighted by Gasteiger charge is 2.20. The Hall–Kier alpha value is -1.57. The summed E-state index contributed by atoms with van der Waals surface area (Å²) in [5, 5.41) is 29.6.